The van der Waals surface area contributed by atoms with E-state index >= 15 is 0 Å². The molecule has 41 heavy (non-hydrogen) atoms. The summed E-state index contributed by atoms with van der Waals surface area (Å²) in [7, 11) is 0. The van der Waals surface area contributed by atoms with Crippen molar-refractivity contribution in [2.24, 2.45) is 4.99 Å². The molecule has 0 aliphatic carbocycles. The van der Waals surface area contributed by atoms with E-state index in [2.05, 4.69) is 70.6 Å². The number of likely N-dealkylation sites (tertiary alicyclic amines) is 1. The number of amidine groups is 1. The Morgan fingerprint density at radius 1 is 1.05 bits per heavy atom. The maximum Gasteiger partial charge on any atom is 0.358 e. The third-order valence-corrected chi connectivity index (χ3v) is 7.79. The van der Waals surface area contributed by atoms with Crippen LogP contribution in [0.15, 0.2) is 71.7 Å². The van der Waals surface area contributed by atoms with Gasteiger partial charge in [-0.3, -0.25) is 4.79 Å². The molecule has 1 amide bonds. The van der Waals surface area contributed by atoms with Gasteiger partial charge in [0.1, 0.15) is 5.75 Å². The van der Waals surface area contributed by atoms with Gasteiger partial charge in [-0.1, -0.05) is 41.5 Å². The predicted molar refractivity (Wildman–Crippen MR) is 165 cm³/mol. The number of fused-ring (bicyclic) bond motifs is 1. The first-order valence-electron chi connectivity index (χ1n) is 14.2. The molecular formula is C34H37N5O2. The third kappa shape index (κ3) is 6.12. The predicted octanol–water partition coefficient (Wildman–Crippen LogP) is 6.75. The number of nitrogens with one attached hydrogen (secondary N) is 2. The van der Waals surface area contributed by atoms with Crippen LogP contribution in [0.2, 0.25) is 0 Å². The lowest BCUT2D eigenvalue weighted by molar-refractivity contribution is -0.135. The van der Waals surface area contributed by atoms with Gasteiger partial charge in [0.2, 0.25) is 5.91 Å². The van der Waals surface area contributed by atoms with Gasteiger partial charge in [0.25, 0.3) is 0 Å². The van der Waals surface area contributed by atoms with Gasteiger partial charge < -0.3 is 14.6 Å². The van der Waals surface area contributed by atoms with Gasteiger partial charge in [-0.05, 0) is 105 Å². The van der Waals surface area contributed by atoms with Crippen LogP contribution in [-0.2, 0) is 16.6 Å². The van der Waals surface area contributed by atoms with Crippen LogP contribution in [0.25, 0.3) is 27.1 Å². The molecule has 0 radical (unpaired) electrons. The first-order chi connectivity index (χ1) is 19.8. The fraction of sp³-hybridized carbons (Fsp3) is 0.324. The second-order valence-electron chi connectivity index (χ2n) is 11.3. The molecule has 5 rings (SSSR count). The Bertz CT molecular complexity index is 1600. The van der Waals surface area contributed by atoms with E-state index in [9.17, 15) is 4.79 Å². The van der Waals surface area contributed by atoms with Gasteiger partial charge in [0, 0.05) is 36.2 Å². The van der Waals surface area contributed by atoms with Crippen LogP contribution in [0, 0.1) is 20.4 Å². The number of para-hydroxylation sites is 1. The van der Waals surface area contributed by atoms with E-state index in [1.807, 2.05) is 49.1 Å². The number of nitrogens with zero attached hydrogens (tertiary/aromatic N) is 3. The van der Waals surface area contributed by atoms with Crippen LogP contribution in [0.1, 0.15) is 48.9 Å². The van der Waals surface area contributed by atoms with Gasteiger partial charge >= 0.3 is 6.02 Å². The Labute approximate surface area is 242 Å². The topological polar surface area (TPSA) is 74.1 Å². The van der Waals surface area contributed by atoms with E-state index < -0.39 is 5.41 Å². The monoisotopic (exact) mass is 547 g/mol. The maximum absolute atomic E-state index is 13.5. The van der Waals surface area contributed by atoms with Gasteiger partial charge in [-0.25, -0.2) is 4.99 Å². The molecule has 2 N–H and O–H groups in total. The summed E-state index contributed by atoms with van der Waals surface area (Å²) >= 11 is 0. The summed E-state index contributed by atoms with van der Waals surface area (Å²) in [6.07, 6.45) is 2.76. The Hall–Kier alpha value is -4.57. The molecule has 7 heteroatoms. The number of aliphatic imine (C=N–C) groups is 1. The standard InChI is InChI=1S/C34H37N5O2/c1-23-19-24(2)21-25(20-23)31-28(15-16-36-33(38-35-5)41-27-11-7-6-8-12-27)29-22-26(13-14-30(29)37-31)34(3,4)32(40)39-17-9-10-18-39/h6-8,11-14,19-22,37H,9-10,15-18H2,1-4H3,(H,36,38). The van der Waals surface area contributed by atoms with Crippen LogP contribution in [0.5, 0.6) is 5.75 Å². The van der Waals surface area contributed by atoms with Gasteiger partial charge in [-0.15, -0.1) is 0 Å². The summed E-state index contributed by atoms with van der Waals surface area (Å²) in [4.78, 5) is 27.0. The van der Waals surface area contributed by atoms with E-state index in [1.54, 1.807) is 0 Å². The Morgan fingerprint density at radius 2 is 1.76 bits per heavy atom. The van der Waals surface area contributed by atoms with Crippen LogP contribution >= 0.6 is 0 Å². The quantitative estimate of drug-likeness (QED) is 0.116. The number of hydrogen-bond acceptors (Lipinski definition) is 3. The van der Waals surface area contributed by atoms with Crippen molar-refractivity contribution in [3.8, 4) is 17.0 Å². The number of hydrogen-bond donors (Lipinski definition) is 2. The molecule has 0 unspecified atom stereocenters. The zero-order chi connectivity index (χ0) is 29.0. The highest BCUT2D eigenvalue weighted by atomic mass is 16.5. The molecule has 0 spiro atoms. The minimum absolute atomic E-state index is 0.164. The molecule has 2 heterocycles. The summed E-state index contributed by atoms with van der Waals surface area (Å²) < 4.78 is 5.82. The van der Waals surface area contributed by atoms with Crippen molar-refractivity contribution in [2.75, 3.05) is 19.6 Å². The lowest BCUT2D eigenvalue weighted by Gasteiger charge is -2.29. The van der Waals surface area contributed by atoms with Crippen molar-refractivity contribution in [3.05, 3.63) is 101 Å². The maximum atomic E-state index is 13.5. The SMILES string of the molecule is [C-]#[N+]NC(=NCCc1c(-c2cc(C)cc(C)c2)[nH]c2ccc(C(C)(C)C(=O)N3CCCC3)cc12)Oc1ccccc1. The van der Waals surface area contributed by atoms with E-state index in [0.717, 1.165) is 59.2 Å². The molecule has 0 saturated carbocycles. The largest absolute Gasteiger partial charge is 0.422 e. The first kappa shape index (κ1) is 28.0. The van der Waals surface area contributed by atoms with Gasteiger partial charge in [0.15, 0.2) is 0 Å². The number of carbonyl (C=O) groups is 1. The molecule has 0 bridgehead atoms. The number of aromatic amines is 1. The van der Waals surface area contributed by atoms with Crippen LogP contribution in [-0.4, -0.2) is 41.4 Å². The Kier molecular flexibility index (Phi) is 8.11. The number of ether oxygens (including phenoxy) is 1. The molecule has 1 aromatic heterocycles. The number of aromatic nitrogens is 1. The van der Waals surface area contributed by atoms with Gasteiger partial charge in [-0.2, -0.15) is 11.5 Å². The number of amides is 1. The number of benzene rings is 3. The van der Waals surface area contributed by atoms with Crippen LogP contribution < -0.4 is 10.2 Å². The fourth-order valence-electron chi connectivity index (χ4n) is 5.71. The van der Waals surface area contributed by atoms with Gasteiger partial charge in [0.05, 0.1) is 5.41 Å². The van der Waals surface area contributed by atoms with Crippen LogP contribution in [0.4, 0.5) is 0 Å². The molecule has 1 fully saturated rings. The van der Waals surface area contributed by atoms with Crippen molar-refractivity contribution in [3.63, 3.8) is 0 Å². The number of carbonyl (C=O) groups excluding carboxylic acids is 1. The zero-order valence-electron chi connectivity index (χ0n) is 24.3. The second kappa shape index (κ2) is 11.9. The lowest BCUT2D eigenvalue weighted by atomic mass is 9.82. The van der Waals surface area contributed by atoms with E-state index in [1.165, 1.54) is 11.1 Å². The summed E-state index contributed by atoms with van der Waals surface area (Å²) in [5.41, 5.74) is 9.61. The number of H-pyrrole nitrogens is 1. The van der Waals surface area contributed by atoms with Crippen molar-refractivity contribution in [1.82, 2.24) is 15.3 Å². The summed E-state index contributed by atoms with van der Waals surface area (Å²) in [6, 6.07) is 22.4. The molecule has 1 aliphatic heterocycles. The van der Waals surface area contributed by atoms with Crippen molar-refractivity contribution in [2.45, 2.75) is 52.4 Å². The summed E-state index contributed by atoms with van der Waals surface area (Å²) in [5, 5.41) is 1.08. The Balaban J connectivity index is 1.53. The minimum Gasteiger partial charge on any atom is -0.422 e. The average Bonchev–Trinajstić information content (AvgIpc) is 3.61. The highest BCUT2D eigenvalue weighted by molar-refractivity contribution is 5.94. The van der Waals surface area contributed by atoms with Crippen molar-refractivity contribution < 1.29 is 9.53 Å². The number of aryl methyl sites for hydroxylation is 2. The molecule has 4 aromatic rings. The summed E-state index contributed by atoms with van der Waals surface area (Å²) in [6.45, 7) is 17.6. The minimum atomic E-state index is -0.637. The van der Waals surface area contributed by atoms with E-state index in [4.69, 9.17) is 11.3 Å². The highest BCUT2D eigenvalue weighted by Gasteiger charge is 2.35. The average molecular weight is 548 g/mol. The normalized spacial score (nSPS) is 13.8. The molecule has 1 aliphatic rings. The van der Waals surface area contributed by atoms with Crippen molar-refractivity contribution in [1.29, 1.82) is 0 Å². The van der Waals surface area contributed by atoms with E-state index in [0.29, 0.717) is 18.7 Å². The molecule has 1 saturated heterocycles. The molecule has 210 valence electrons. The fourth-order valence-corrected chi connectivity index (χ4v) is 5.71. The van der Waals surface area contributed by atoms with E-state index in [-0.39, 0.29) is 11.9 Å². The second-order valence-corrected chi connectivity index (χ2v) is 11.3. The first-order valence-corrected chi connectivity index (χ1v) is 14.2. The Morgan fingerprint density at radius 3 is 2.44 bits per heavy atom. The molecule has 0 atom stereocenters. The van der Waals surface area contributed by atoms with Crippen LogP contribution in [0.3, 0.4) is 0 Å². The van der Waals surface area contributed by atoms with Crippen molar-refractivity contribution >= 4 is 22.8 Å². The zero-order valence-corrected chi connectivity index (χ0v) is 24.3. The highest BCUT2D eigenvalue weighted by Crippen LogP contribution is 2.36. The summed E-state index contributed by atoms with van der Waals surface area (Å²) in [5.74, 6) is 0.790. The molecule has 3 aromatic carbocycles. The smallest absolute Gasteiger partial charge is 0.358 e. The molecular weight excluding hydrogens is 510 g/mol. The third-order valence-electron chi connectivity index (χ3n) is 7.79. The lowest BCUT2D eigenvalue weighted by Crippen LogP contribution is -2.41. The number of rotatable bonds is 7. The molecule has 7 nitrogen and oxygen atoms in total.